The molecule has 0 unspecified atom stereocenters. The summed E-state index contributed by atoms with van der Waals surface area (Å²) in [7, 11) is 0. The van der Waals surface area contributed by atoms with Gasteiger partial charge in [-0.15, -0.1) is 23.2 Å². The lowest BCUT2D eigenvalue weighted by Crippen LogP contribution is -2.27. The minimum absolute atomic E-state index is 0.0145. The molecular weight excluding hydrogens is 389 g/mol. The summed E-state index contributed by atoms with van der Waals surface area (Å²) in [6.07, 6.45) is 2.11. The third-order valence-corrected chi connectivity index (χ3v) is 4.19. The molecule has 9 heteroatoms. The number of amides is 1. The van der Waals surface area contributed by atoms with Crippen molar-refractivity contribution in [3.05, 3.63) is 40.3 Å². The van der Waals surface area contributed by atoms with E-state index in [1.807, 2.05) is 0 Å². The first-order chi connectivity index (χ1) is 13.2. The number of rotatable bonds is 15. The molecule has 0 radical (unpaired) electrons. The van der Waals surface area contributed by atoms with Crippen LogP contribution in [0.3, 0.4) is 0 Å². The van der Waals surface area contributed by atoms with Crippen molar-refractivity contribution < 1.29 is 9.53 Å². The first-order valence-corrected chi connectivity index (χ1v) is 10.1. The number of halogens is 2. The highest BCUT2D eigenvalue weighted by molar-refractivity contribution is 6.18. The number of nitrogens with zero attached hydrogens (tertiary/aromatic N) is 4. The number of nitrogens with one attached hydrogen (secondary N) is 1. The van der Waals surface area contributed by atoms with Crippen LogP contribution in [-0.4, -0.2) is 57.1 Å². The van der Waals surface area contributed by atoms with Crippen LogP contribution in [0.4, 0.5) is 5.69 Å². The number of hydrogen-bond acceptors (Lipinski definition) is 4. The molecule has 0 heterocycles. The fraction of sp³-hybridized carbons (Fsp3) is 0.611. The SMILES string of the molecule is [N-]=[N+]=NCCOCCNC(=O)CCCc1ccc(N(CCCl)CCCl)cc1. The summed E-state index contributed by atoms with van der Waals surface area (Å²) < 4.78 is 5.22. The Hall–Kier alpha value is -1.66. The summed E-state index contributed by atoms with van der Waals surface area (Å²) in [6.45, 7) is 3.07. The summed E-state index contributed by atoms with van der Waals surface area (Å²) in [5, 5.41) is 6.17. The first kappa shape index (κ1) is 23.4. The quantitative estimate of drug-likeness (QED) is 0.155. The number of aryl methyl sites for hydroxylation is 1. The summed E-state index contributed by atoms with van der Waals surface area (Å²) >= 11 is 11.7. The number of alkyl halides is 2. The second kappa shape index (κ2) is 15.4. The van der Waals surface area contributed by atoms with Crippen LogP contribution in [-0.2, 0) is 16.0 Å². The number of carbonyl (C=O) groups excluding carboxylic acids is 1. The first-order valence-electron chi connectivity index (χ1n) is 9.02. The lowest BCUT2D eigenvalue weighted by molar-refractivity contribution is -0.121. The van der Waals surface area contributed by atoms with Crippen molar-refractivity contribution in [2.45, 2.75) is 19.3 Å². The van der Waals surface area contributed by atoms with Gasteiger partial charge >= 0.3 is 0 Å². The number of azide groups is 1. The Balaban J connectivity index is 2.21. The topological polar surface area (TPSA) is 90.3 Å². The summed E-state index contributed by atoms with van der Waals surface area (Å²) in [4.78, 5) is 16.6. The van der Waals surface area contributed by atoms with Crippen molar-refractivity contribution in [3.63, 3.8) is 0 Å². The van der Waals surface area contributed by atoms with Crippen molar-refractivity contribution in [2.24, 2.45) is 5.11 Å². The van der Waals surface area contributed by atoms with Crippen LogP contribution in [0.5, 0.6) is 0 Å². The maximum Gasteiger partial charge on any atom is 0.220 e. The van der Waals surface area contributed by atoms with Crippen molar-refractivity contribution in [2.75, 3.05) is 56.1 Å². The smallest absolute Gasteiger partial charge is 0.220 e. The van der Waals surface area contributed by atoms with Crippen LogP contribution in [0, 0.1) is 0 Å². The van der Waals surface area contributed by atoms with E-state index in [-0.39, 0.29) is 5.91 Å². The summed E-state index contributed by atoms with van der Waals surface area (Å²) in [5.41, 5.74) is 10.4. The van der Waals surface area contributed by atoms with Gasteiger partial charge in [0.15, 0.2) is 0 Å². The van der Waals surface area contributed by atoms with Gasteiger partial charge in [0.1, 0.15) is 0 Å². The molecule has 0 bridgehead atoms. The van der Waals surface area contributed by atoms with E-state index in [9.17, 15) is 4.79 Å². The molecule has 27 heavy (non-hydrogen) atoms. The molecule has 0 aliphatic rings. The normalized spacial score (nSPS) is 10.3. The maximum atomic E-state index is 11.8. The standard InChI is InChI=1S/C18H27Cl2N5O2/c19-8-12-25(13-9-20)17-6-4-16(5-7-17)2-1-3-18(26)22-10-14-27-15-11-23-24-21/h4-7H,1-3,8-15H2,(H,22,26). The van der Waals surface area contributed by atoms with Gasteiger partial charge in [0, 0.05) is 55.0 Å². The Kier molecular flexibility index (Phi) is 13.3. The lowest BCUT2D eigenvalue weighted by Gasteiger charge is -2.23. The van der Waals surface area contributed by atoms with Crippen LogP contribution >= 0.6 is 23.2 Å². The summed E-state index contributed by atoms with van der Waals surface area (Å²) in [5.74, 6) is 1.14. The van der Waals surface area contributed by atoms with E-state index < -0.39 is 0 Å². The van der Waals surface area contributed by atoms with E-state index in [2.05, 4.69) is 44.5 Å². The van der Waals surface area contributed by atoms with Gasteiger partial charge in [-0.3, -0.25) is 4.79 Å². The number of hydrogen-bond donors (Lipinski definition) is 1. The third-order valence-electron chi connectivity index (χ3n) is 3.85. The van der Waals surface area contributed by atoms with E-state index in [0.717, 1.165) is 31.6 Å². The Bertz CT molecular complexity index is 574. The molecule has 7 nitrogen and oxygen atoms in total. The zero-order chi connectivity index (χ0) is 19.7. The average Bonchev–Trinajstić information content (AvgIpc) is 2.68. The molecule has 0 spiro atoms. The Morgan fingerprint density at radius 2 is 1.89 bits per heavy atom. The van der Waals surface area contributed by atoms with Gasteiger partial charge in [0.05, 0.1) is 13.2 Å². The molecule has 0 aliphatic carbocycles. The largest absolute Gasteiger partial charge is 0.379 e. The van der Waals surface area contributed by atoms with E-state index >= 15 is 0 Å². The Morgan fingerprint density at radius 3 is 2.52 bits per heavy atom. The van der Waals surface area contributed by atoms with Gasteiger partial charge < -0.3 is 15.0 Å². The molecule has 0 fully saturated rings. The monoisotopic (exact) mass is 415 g/mol. The van der Waals surface area contributed by atoms with Crippen molar-refractivity contribution >= 4 is 34.8 Å². The highest BCUT2D eigenvalue weighted by atomic mass is 35.5. The highest BCUT2D eigenvalue weighted by Gasteiger charge is 2.06. The van der Waals surface area contributed by atoms with Gasteiger partial charge in [-0.05, 0) is 36.1 Å². The fourth-order valence-corrected chi connectivity index (χ4v) is 2.91. The van der Waals surface area contributed by atoms with Crippen LogP contribution in [0.1, 0.15) is 18.4 Å². The minimum Gasteiger partial charge on any atom is -0.379 e. The maximum absolute atomic E-state index is 11.8. The van der Waals surface area contributed by atoms with Gasteiger partial charge in [0.25, 0.3) is 0 Å². The molecule has 1 amide bonds. The predicted octanol–water partition coefficient (Wildman–Crippen LogP) is 3.74. The van der Waals surface area contributed by atoms with Crippen LogP contribution < -0.4 is 10.2 Å². The molecule has 1 rings (SSSR count). The molecule has 0 atom stereocenters. The van der Waals surface area contributed by atoms with Gasteiger partial charge in [-0.25, -0.2) is 0 Å². The van der Waals surface area contributed by atoms with Crippen molar-refractivity contribution in [3.8, 4) is 0 Å². The van der Waals surface area contributed by atoms with E-state index in [0.29, 0.717) is 44.5 Å². The zero-order valence-corrected chi connectivity index (χ0v) is 17.0. The van der Waals surface area contributed by atoms with Crippen LogP contribution in [0.15, 0.2) is 29.4 Å². The molecule has 1 aromatic carbocycles. The number of benzene rings is 1. The second-order valence-corrected chi connectivity index (χ2v) is 6.56. The zero-order valence-electron chi connectivity index (χ0n) is 15.4. The van der Waals surface area contributed by atoms with Gasteiger partial charge in [-0.2, -0.15) is 0 Å². The third kappa shape index (κ3) is 10.9. The van der Waals surface area contributed by atoms with E-state index in [4.69, 9.17) is 33.5 Å². The average molecular weight is 416 g/mol. The molecule has 0 saturated carbocycles. The van der Waals surface area contributed by atoms with Crippen LogP contribution in [0.2, 0.25) is 0 Å². The van der Waals surface area contributed by atoms with Crippen molar-refractivity contribution in [1.82, 2.24) is 5.32 Å². The molecule has 0 aromatic heterocycles. The van der Waals surface area contributed by atoms with Crippen LogP contribution in [0.25, 0.3) is 10.4 Å². The molecule has 0 aliphatic heterocycles. The number of ether oxygens (including phenoxy) is 1. The van der Waals surface area contributed by atoms with Gasteiger partial charge in [-0.1, -0.05) is 17.2 Å². The molecule has 1 N–H and O–H groups in total. The van der Waals surface area contributed by atoms with Crippen molar-refractivity contribution in [1.29, 1.82) is 0 Å². The minimum atomic E-state index is 0.0145. The Morgan fingerprint density at radius 1 is 1.19 bits per heavy atom. The fourth-order valence-electron chi connectivity index (χ4n) is 2.50. The van der Waals surface area contributed by atoms with E-state index in [1.54, 1.807) is 0 Å². The molecular formula is C18H27Cl2N5O2. The molecule has 0 saturated heterocycles. The molecule has 150 valence electrons. The second-order valence-electron chi connectivity index (χ2n) is 5.80. The predicted molar refractivity (Wildman–Crippen MR) is 111 cm³/mol. The number of carbonyl (C=O) groups is 1. The van der Waals surface area contributed by atoms with E-state index in [1.165, 1.54) is 5.56 Å². The highest BCUT2D eigenvalue weighted by Crippen LogP contribution is 2.16. The summed E-state index contributed by atoms with van der Waals surface area (Å²) in [6, 6.07) is 8.31. The van der Waals surface area contributed by atoms with Gasteiger partial charge in [0.2, 0.25) is 5.91 Å². The lowest BCUT2D eigenvalue weighted by atomic mass is 10.1. The molecule has 1 aromatic rings. The Labute approximate surface area is 170 Å². The number of anilines is 1.